The molecule has 0 fully saturated rings. The third-order valence-electron chi connectivity index (χ3n) is 2.59. The van der Waals surface area contributed by atoms with E-state index in [1.807, 2.05) is 55.6 Å². The standard InChI is InChI=1S/C14H17N3OS2/c1-10-8-19-14(15-10)20-9-13(18)16-11-4-6-12(7-5-11)17(2)3/h4-8H,9H2,1-3H3,(H,16,18). The number of carbonyl (C=O) groups excluding carboxylic acids is 1. The Morgan fingerprint density at radius 3 is 2.60 bits per heavy atom. The number of anilines is 2. The molecule has 0 bridgehead atoms. The first kappa shape index (κ1) is 14.9. The van der Waals surface area contributed by atoms with E-state index in [1.54, 1.807) is 11.3 Å². The summed E-state index contributed by atoms with van der Waals surface area (Å²) in [5, 5.41) is 4.87. The summed E-state index contributed by atoms with van der Waals surface area (Å²) < 4.78 is 0.931. The maximum Gasteiger partial charge on any atom is 0.234 e. The van der Waals surface area contributed by atoms with Crippen LogP contribution in [0.1, 0.15) is 5.69 Å². The van der Waals surface area contributed by atoms with E-state index in [0.29, 0.717) is 5.75 Å². The van der Waals surface area contributed by atoms with Gasteiger partial charge in [-0.25, -0.2) is 4.98 Å². The third kappa shape index (κ3) is 4.25. The van der Waals surface area contributed by atoms with Crippen molar-refractivity contribution in [2.75, 3.05) is 30.1 Å². The van der Waals surface area contributed by atoms with Crippen molar-refractivity contribution in [2.45, 2.75) is 11.3 Å². The van der Waals surface area contributed by atoms with Crippen molar-refractivity contribution in [1.82, 2.24) is 4.98 Å². The number of nitrogens with one attached hydrogen (secondary N) is 1. The number of hydrogen-bond acceptors (Lipinski definition) is 5. The van der Waals surface area contributed by atoms with Crippen LogP contribution in [0.5, 0.6) is 0 Å². The van der Waals surface area contributed by atoms with Gasteiger partial charge in [-0.05, 0) is 31.2 Å². The van der Waals surface area contributed by atoms with Crippen LogP contribution >= 0.6 is 23.1 Å². The van der Waals surface area contributed by atoms with Crippen LogP contribution in [0, 0.1) is 6.92 Å². The number of nitrogens with zero attached hydrogens (tertiary/aromatic N) is 2. The van der Waals surface area contributed by atoms with Gasteiger partial charge in [-0.2, -0.15) is 0 Å². The minimum Gasteiger partial charge on any atom is -0.378 e. The monoisotopic (exact) mass is 307 g/mol. The van der Waals surface area contributed by atoms with Gasteiger partial charge in [-0.15, -0.1) is 11.3 Å². The maximum atomic E-state index is 11.8. The molecule has 0 aliphatic heterocycles. The van der Waals surface area contributed by atoms with Gasteiger partial charge in [-0.3, -0.25) is 4.79 Å². The molecule has 0 radical (unpaired) electrons. The highest BCUT2D eigenvalue weighted by Gasteiger charge is 2.06. The average Bonchev–Trinajstić information content (AvgIpc) is 2.83. The second-order valence-corrected chi connectivity index (χ2v) is 6.61. The van der Waals surface area contributed by atoms with Crippen LogP contribution in [0.2, 0.25) is 0 Å². The average molecular weight is 307 g/mol. The lowest BCUT2D eigenvalue weighted by Crippen LogP contribution is -2.14. The molecule has 106 valence electrons. The number of thioether (sulfide) groups is 1. The van der Waals surface area contributed by atoms with E-state index in [4.69, 9.17) is 0 Å². The fraction of sp³-hybridized carbons (Fsp3) is 0.286. The molecule has 0 aliphatic carbocycles. The zero-order chi connectivity index (χ0) is 14.5. The number of hydrogen-bond donors (Lipinski definition) is 1. The van der Waals surface area contributed by atoms with Gasteiger partial charge in [0.1, 0.15) is 0 Å². The molecule has 0 saturated heterocycles. The maximum absolute atomic E-state index is 11.8. The summed E-state index contributed by atoms with van der Waals surface area (Å²) in [6, 6.07) is 7.77. The van der Waals surface area contributed by atoms with Crippen molar-refractivity contribution in [1.29, 1.82) is 0 Å². The lowest BCUT2D eigenvalue weighted by Gasteiger charge is -2.12. The molecular formula is C14H17N3OS2. The van der Waals surface area contributed by atoms with Gasteiger partial charge in [-0.1, -0.05) is 11.8 Å². The lowest BCUT2D eigenvalue weighted by molar-refractivity contribution is -0.113. The molecule has 0 unspecified atom stereocenters. The van der Waals surface area contributed by atoms with Crippen LogP contribution < -0.4 is 10.2 Å². The molecule has 0 saturated carbocycles. The lowest BCUT2D eigenvalue weighted by atomic mass is 10.2. The molecule has 20 heavy (non-hydrogen) atoms. The van der Waals surface area contributed by atoms with Gasteiger partial charge in [0.05, 0.1) is 5.75 Å². The third-order valence-corrected chi connectivity index (χ3v) is 4.73. The van der Waals surface area contributed by atoms with Gasteiger partial charge in [0, 0.05) is 36.5 Å². The van der Waals surface area contributed by atoms with Crippen LogP contribution in [0.3, 0.4) is 0 Å². The van der Waals surface area contributed by atoms with Crippen molar-refractivity contribution < 1.29 is 4.79 Å². The molecule has 1 heterocycles. The smallest absolute Gasteiger partial charge is 0.234 e. The number of carbonyl (C=O) groups is 1. The van der Waals surface area contributed by atoms with Gasteiger partial charge >= 0.3 is 0 Å². The topological polar surface area (TPSA) is 45.2 Å². The predicted molar refractivity (Wildman–Crippen MR) is 87.0 cm³/mol. The molecule has 0 spiro atoms. The number of rotatable bonds is 5. The second-order valence-electron chi connectivity index (χ2n) is 4.53. The van der Waals surface area contributed by atoms with Crippen LogP contribution in [-0.2, 0) is 4.79 Å². The van der Waals surface area contributed by atoms with Crippen molar-refractivity contribution in [2.24, 2.45) is 0 Å². The number of amides is 1. The minimum atomic E-state index is -0.0135. The summed E-state index contributed by atoms with van der Waals surface area (Å²) in [6.07, 6.45) is 0. The Kier molecular flexibility index (Phi) is 5.03. The van der Waals surface area contributed by atoms with Gasteiger partial charge in [0.15, 0.2) is 4.34 Å². The van der Waals surface area contributed by atoms with E-state index < -0.39 is 0 Å². The molecule has 1 aromatic heterocycles. The van der Waals surface area contributed by atoms with E-state index in [2.05, 4.69) is 10.3 Å². The zero-order valence-electron chi connectivity index (χ0n) is 11.7. The fourth-order valence-corrected chi connectivity index (χ4v) is 3.22. The van der Waals surface area contributed by atoms with Gasteiger partial charge in [0.2, 0.25) is 5.91 Å². The molecule has 1 N–H and O–H groups in total. The molecule has 6 heteroatoms. The van der Waals surface area contributed by atoms with Crippen LogP contribution in [0.4, 0.5) is 11.4 Å². The summed E-state index contributed by atoms with van der Waals surface area (Å²) in [5.41, 5.74) is 2.92. The Hall–Kier alpha value is -1.53. The molecule has 2 rings (SSSR count). The largest absolute Gasteiger partial charge is 0.378 e. The normalized spacial score (nSPS) is 10.3. The second kappa shape index (κ2) is 6.76. The van der Waals surface area contributed by atoms with Crippen LogP contribution in [0.25, 0.3) is 0 Å². The highest BCUT2D eigenvalue weighted by atomic mass is 32.2. The number of aromatic nitrogens is 1. The SMILES string of the molecule is Cc1csc(SCC(=O)Nc2ccc(N(C)C)cc2)n1. The van der Waals surface area contributed by atoms with Crippen LogP contribution in [-0.4, -0.2) is 30.7 Å². The van der Waals surface area contributed by atoms with Crippen molar-refractivity contribution in [3.8, 4) is 0 Å². The summed E-state index contributed by atoms with van der Waals surface area (Å²) in [5.74, 6) is 0.364. The van der Waals surface area contributed by atoms with E-state index >= 15 is 0 Å². The van der Waals surface area contributed by atoms with Gasteiger partial charge in [0.25, 0.3) is 0 Å². The zero-order valence-corrected chi connectivity index (χ0v) is 13.3. The molecule has 2 aromatic rings. The van der Waals surface area contributed by atoms with Crippen molar-refractivity contribution in [3.63, 3.8) is 0 Å². The molecule has 0 atom stereocenters. The quantitative estimate of drug-likeness (QED) is 0.861. The van der Waals surface area contributed by atoms with Gasteiger partial charge < -0.3 is 10.2 Å². The summed E-state index contributed by atoms with van der Waals surface area (Å²) >= 11 is 3.03. The molecule has 1 amide bonds. The highest BCUT2D eigenvalue weighted by molar-refractivity contribution is 8.01. The first-order valence-electron chi connectivity index (χ1n) is 6.17. The van der Waals surface area contributed by atoms with Crippen molar-refractivity contribution in [3.05, 3.63) is 35.3 Å². The fourth-order valence-electron chi connectivity index (χ4n) is 1.57. The van der Waals surface area contributed by atoms with E-state index in [-0.39, 0.29) is 5.91 Å². The number of benzene rings is 1. The van der Waals surface area contributed by atoms with E-state index in [0.717, 1.165) is 21.4 Å². The van der Waals surface area contributed by atoms with E-state index in [1.165, 1.54) is 11.8 Å². The number of aryl methyl sites for hydroxylation is 1. The Labute approximate surface area is 127 Å². The Morgan fingerprint density at radius 2 is 2.05 bits per heavy atom. The Balaban J connectivity index is 1.84. The Bertz CT molecular complexity index is 578. The molecule has 0 aliphatic rings. The number of thiazole rings is 1. The molecule has 1 aromatic carbocycles. The van der Waals surface area contributed by atoms with Crippen LogP contribution in [0.15, 0.2) is 34.0 Å². The highest BCUT2D eigenvalue weighted by Crippen LogP contribution is 2.22. The molecular weight excluding hydrogens is 290 g/mol. The Morgan fingerprint density at radius 1 is 1.35 bits per heavy atom. The molecule has 4 nitrogen and oxygen atoms in total. The summed E-state index contributed by atoms with van der Waals surface area (Å²) in [4.78, 5) is 18.2. The first-order valence-corrected chi connectivity index (χ1v) is 8.03. The predicted octanol–water partition coefficient (Wildman–Crippen LogP) is 3.25. The minimum absolute atomic E-state index is 0.0135. The van der Waals surface area contributed by atoms with Crippen molar-refractivity contribution >= 4 is 40.4 Å². The summed E-state index contributed by atoms with van der Waals surface area (Å²) in [6.45, 7) is 1.95. The summed E-state index contributed by atoms with van der Waals surface area (Å²) in [7, 11) is 3.97. The first-order chi connectivity index (χ1) is 9.54. The van der Waals surface area contributed by atoms with E-state index in [9.17, 15) is 4.79 Å².